The van der Waals surface area contributed by atoms with Crippen molar-refractivity contribution >= 4 is 13.5 Å². The lowest BCUT2D eigenvalue weighted by Gasteiger charge is -2.27. The molecule has 37 heavy (non-hydrogen) atoms. The van der Waals surface area contributed by atoms with Crippen LogP contribution in [0.4, 0.5) is 5.69 Å². The number of nitrogens with zero attached hydrogens (tertiary/aromatic N) is 1. The Balaban J connectivity index is 1.58. The topological polar surface area (TPSA) is 48.0 Å². The second-order valence-electron chi connectivity index (χ2n) is 9.31. The van der Waals surface area contributed by atoms with Gasteiger partial charge in [-0.1, -0.05) is 126 Å². The molecule has 0 heterocycles. The van der Waals surface area contributed by atoms with E-state index in [1.807, 2.05) is 66.7 Å². The van der Waals surface area contributed by atoms with Crippen molar-refractivity contribution in [3.63, 3.8) is 0 Å². The van der Waals surface area contributed by atoms with Gasteiger partial charge >= 0.3 is 7.82 Å². The normalized spacial score (nSPS) is 11.3. The Morgan fingerprint density at radius 1 is 0.568 bits per heavy atom. The van der Waals surface area contributed by atoms with E-state index in [2.05, 4.69) is 6.92 Å². The van der Waals surface area contributed by atoms with Crippen molar-refractivity contribution in [3.05, 3.63) is 91.0 Å². The molecule has 0 aliphatic carbocycles. The third-order valence-electron chi connectivity index (χ3n) is 6.13. The van der Waals surface area contributed by atoms with Crippen LogP contribution in [0.5, 0.6) is 11.5 Å². The highest BCUT2D eigenvalue weighted by atomic mass is 31.2. The van der Waals surface area contributed by atoms with Gasteiger partial charge in [-0.25, -0.2) is 9.63 Å². The van der Waals surface area contributed by atoms with Gasteiger partial charge in [-0.2, -0.15) is 0 Å². The molecule has 5 nitrogen and oxygen atoms in total. The second kappa shape index (κ2) is 16.9. The maximum absolute atomic E-state index is 13.9. The zero-order valence-electron chi connectivity index (χ0n) is 22.2. The zero-order valence-corrected chi connectivity index (χ0v) is 23.1. The summed E-state index contributed by atoms with van der Waals surface area (Å²) in [6, 6.07) is 27.7. The summed E-state index contributed by atoms with van der Waals surface area (Å²) in [5, 5.41) is 1.65. The Hall–Kier alpha value is -2.75. The minimum Gasteiger partial charge on any atom is -0.394 e. The monoisotopic (exact) mass is 523 g/mol. The zero-order chi connectivity index (χ0) is 26.0. The Kier molecular flexibility index (Phi) is 13.2. The number of anilines is 1. The molecule has 0 unspecified atom stereocenters. The summed E-state index contributed by atoms with van der Waals surface area (Å²) >= 11 is 0. The quantitative estimate of drug-likeness (QED) is 0.0889. The van der Waals surface area contributed by atoms with Gasteiger partial charge in [-0.05, 0) is 42.8 Å². The molecule has 6 heteroatoms. The van der Waals surface area contributed by atoms with Gasteiger partial charge < -0.3 is 9.05 Å². The van der Waals surface area contributed by atoms with E-state index in [4.69, 9.17) is 13.7 Å². The predicted molar refractivity (Wildman–Crippen MR) is 153 cm³/mol. The first-order chi connectivity index (χ1) is 18.2. The lowest BCUT2D eigenvalue weighted by molar-refractivity contribution is 0.188. The number of hydrogen-bond donors (Lipinski definition) is 0. The molecular formula is C31H42NO4P. The molecule has 0 radical (unpaired) electrons. The van der Waals surface area contributed by atoms with Gasteiger partial charge in [0, 0.05) is 6.54 Å². The summed E-state index contributed by atoms with van der Waals surface area (Å²) in [6.07, 6.45) is 13.8. The van der Waals surface area contributed by atoms with Crippen molar-refractivity contribution in [2.24, 2.45) is 0 Å². The van der Waals surface area contributed by atoms with Crippen LogP contribution in [0, 0.1) is 0 Å². The molecule has 0 N–H and O–H groups in total. The molecular weight excluding hydrogens is 481 g/mol. The van der Waals surface area contributed by atoms with Crippen molar-refractivity contribution in [2.75, 3.05) is 11.6 Å². The van der Waals surface area contributed by atoms with E-state index in [-0.39, 0.29) is 0 Å². The number of rotatable bonds is 19. The van der Waals surface area contributed by atoms with Gasteiger partial charge in [0.15, 0.2) is 0 Å². The summed E-state index contributed by atoms with van der Waals surface area (Å²) in [6.45, 7) is 2.84. The minimum atomic E-state index is -4.04. The van der Waals surface area contributed by atoms with Crippen LogP contribution < -0.4 is 14.1 Å². The van der Waals surface area contributed by atoms with Crippen LogP contribution in [0.2, 0.25) is 0 Å². The highest BCUT2D eigenvalue weighted by molar-refractivity contribution is 7.49. The molecule has 0 aromatic heterocycles. The van der Waals surface area contributed by atoms with E-state index in [0.717, 1.165) is 18.5 Å². The average molecular weight is 524 g/mol. The first kappa shape index (κ1) is 28.8. The third-order valence-corrected chi connectivity index (χ3v) is 7.39. The van der Waals surface area contributed by atoms with Gasteiger partial charge in [0.1, 0.15) is 11.5 Å². The van der Waals surface area contributed by atoms with Crippen LogP contribution in [0.25, 0.3) is 0 Å². The van der Waals surface area contributed by atoms with E-state index in [1.54, 1.807) is 29.3 Å². The number of hydroxylamine groups is 1. The molecule has 200 valence electrons. The molecule has 0 saturated carbocycles. The highest BCUT2D eigenvalue weighted by Crippen LogP contribution is 2.51. The summed E-state index contributed by atoms with van der Waals surface area (Å²) in [5.41, 5.74) is 0.808. The molecule has 0 aliphatic heterocycles. The first-order valence-corrected chi connectivity index (χ1v) is 15.3. The summed E-state index contributed by atoms with van der Waals surface area (Å²) in [7, 11) is -4.04. The van der Waals surface area contributed by atoms with Crippen molar-refractivity contribution in [2.45, 2.75) is 77.6 Å². The fourth-order valence-corrected chi connectivity index (χ4v) is 5.41. The predicted octanol–water partition coefficient (Wildman–Crippen LogP) is 10.0. The van der Waals surface area contributed by atoms with Crippen molar-refractivity contribution < 1.29 is 18.2 Å². The van der Waals surface area contributed by atoms with Crippen LogP contribution >= 0.6 is 7.82 Å². The van der Waals surface area contributed by atoms with Gasteiger partial charge in [-0.3, -0.25) is 0 Å². The maximum atomic E-state index is 13.9. The average Bonchev–Trinajstić information content (AvgIpc) is 2.92. The second-order valence-corrected chi connectivity index (χ2v) is 10.7. The van der Waals surface area contributed by atoms with Gasteiger partial charge in [0.05, 0.1) is 5.69 Å². The van der Waals surface area contributed by atoms with Crippen LogP contribution in [0.15, 0.2) is 91.0 Å². The van der Waals surface area contributed by atoms with E-state index < -0.39 is 7.82 Å². The smallest absolute Gasteiger partial charge is 0.394 e. The Morgan fingerprint density at radius 2 is 0.973 bits per heavy atom. The highest BCUT2D eigenvalue weighted by Gasteiger charge is 2.35. The third kappa shape index (κ3) is 11.5. The fourth-order valence-electron chi connectivity index (χ4n) is 4.12. The van der Waals surface area contributed by atoms with Gasteiger partial charge in [0.25, 0.3) is 0 Å². The summed E-state index contributed by atoms with van der Waals surface area (Å²) in [5.74, 6) is 0.842. The largest absolute Gasteiger partial charge is 0.610 e. The van der Waals surface area contributed by atoms with Crippen LogP contribution in [0.3, 0.4) is 0 Å². The summed E-state index contributed by atoms with van der Waals surface area (Å²) < 4.78 is 31.7. The standard InChI is InChI=1S/C31H42NO4P/c1-2-3-4-5-6-7-8-9-10-11-21-28-32(29-22-15-12-16-23-29)36-37(33,34-30-24-17-13-18-25-30)35-31-26-19-14-20-27-31/h12-20,22-27H,2-11,21,28H2,1H3. The Morgan fingerprint density at radius 3 is 1.43 bits per heavy atom. The van der Waals surface area contributed by atoms with Crippen molar-refractivity contribution in [1.82, 2.24) is 0 Å². The number of unbranched alkanes of at least 4 members (excludes halogenated alkanes) is 10. The first-order valence-electron chi connectivity index (χ1n) is 13.8. The lowest BCUT2D eigenvalue weighted by atomic mass is 10.1. The van der Waals surface area contributed by atoms with Crippen LogP contribution in [-0.4, -0.2) is 6.54 Å². The lowest BCUT2D eigenvalue weighted by Crippen LogP contribution is -2.26. The molecule has 0 fully saturated rings. The van der Waals surface area contributed by atoms with Crippen LogP contribution in [0.1, 0.15) is 77.6 Å². The van der Waals surface area contributed by atoms with Gasteiger partial charge in [-0.15, -0.1) is 4.62 Å². The number of phosphoric acid groups is 1. The molecule has 0 amide bonds. The Labute approximate surface area is 223 Å². The molecule has 3 aromatic rings. The molecule has 0 spiro atoms. The number of phosphoric ester groups is 1. The van der Waals surface area contributed by atoms with Crippen molar-refractivity contribution in [3.8, 4) is 11.5 Å². The summed E-state index contributed by atoms with van der Waals surface area (Å²) in [4.78, 5) is 0. The molecule has 3 aromatic carbocycles. The number of hydrogen-bond acceptors (Lipinski definition) is 5. The van der Waals surface area contributed by atoms with Crippen LogP contribution in [-0.2, 0) is 9.19 Å². The molecule has 0 bridgehead atoms. The van der Waals surface area contributed by atoms with Gasteiger partial charge in [0.2, 0.25) is 0 Å². The van der Waals surface area contributed by atoms with Crippen molar-refractivity contribution in [1.29, 1.82) is 0 Å². The maximum Gasteiger partial charge on any atom is 0.610 e. The number of para-hydroxylation sites is 3. The number of benzene rings is 3. The van der Waals surface area contributed by atoms with E-state index >= 15 is 0 Å². The molecule has 0 aliphatic rings. The fraction of sp³-hybridized carbons (Fsp3) is 0.419. The molecule has 0 saturated heterocycles. The van der Waals surface area contributed by atoms with E-state index in [1.165, 1.54) is 57.8 Å². The SMILES string of the molecule is CCCCCCCCCCCCCN(OP(=O)(Oc1ccccc1)Oc1ccccc1)c1ccccc1. The molecule has 0 atom stereocenters. The molecule has 3 rings (SSSR count). The van der Waals surface area contributed by atoms with E-state index in [0.29, 0.717) is 18.0 Å². The Bertz CT molecular complexity index is 972. The minimum absolute atomic E-state index is 0.421. The van der Waals surface area contributed by atoms with E-state index in [9.17, 15) is 4.57 Å².